The third kappa shape index (κ3) is 7.04. The Labute approximate surface area is 126 Å². The summed E-state index contributed by atoms with van der Waals surface area (Å²) in [5, 5.41) is 8.83. The molecule has 1 aliphatic rings. The van der Waals surface area contributed by atoms with Crippen molar-refractivity contribution < 1.29 is 14.3 Å². The van der Waals surface area contributed by atoms with Crippen molar-refractivity contribution in [3.8, 4) is 0 Å². The molecule has 21 heavy (non-hydrogen) atoms. The third-order valence-electron chi connectivity index (χ3n) is 2.91. The van der Waals surface area contributed by atoms with Crippen molar-refractivity contribution in [2.45, 2.75) is 59.7 Å². The standard InChI is InChI=1S/C8H8FN3O.C5H12O.C2H6/c9-6-1-5-3-12(8(10)13)4-7(5)11-2-6;1-4-5(2,3)6;1-2/h1-2H,3-4H2,(H2,10,13);6H,4H2,1-3H3;1-2H3. The maximum atomic E-state index is 12.7. The lowest BCUT2D eigenvalue weighted by molar-refractivity contribution is 0.0765. The molecule has 1 aromatic heterocycles. The first-order valence-electron chi connectivity index (χ1n) is 7.13. The fourth-order valence-electron chi connectivity index (χ4n) is 1.39. The van der Waals surface area contributed by atoms with E-state index in [1.807, 2.05) is 20.8 Å². The Morgan fingerprint density at radius 1 is 1.48 bits per heavy atom. The van der Waals surface area contributed by atoms with Crippen molar-refractivity contribution in [3.63, 3.8) is 0 Å². The molecule has 2 rings (SSSR count). The number of carbonyl (C=O) groups is 1. The van der Waals surface area contributed by atoms with E-state index < -0.39 is 11.6 Å². The molecule has 3 N–H and O–H groups in total. The van der Waals surface area contributed by atoms with Crippen LogP contribution in [-0.2, 0) is 13.1 Å². The number of hydrogen-bond acceptors (Lipinski definition) is 3. The molecule has 0 atom stereocenters. The smallest absolute Gasteiger partial charge is 0.315 e. The van der Waals surface area contributed by atoms with Gasteiger partial charge in [-0.3, -0.25) is 4.98 Å². The molecule has 5 nitrogen and oxygen atoms in total. The average Bonchev–Trinajstić information content (AvgIpc) is 2.84. The maximum Gasteiger partial charge on any atom is 0.315 e. The van der Waals surface area contributed by atoms with Crippen molar-refractivity contribution >= 4 is 6.03 Å². The van der Waals surface area contributed by atoms with Crippen LogP contribution in [0.15, 0.2) is 12.3 Å². The van der Waals surface area contributed by atoms with Gasteiger partial charge in [0.1, 0.15) is 5.82 Å². The second-order valence-electron chi connectivity index (χ2n) is 5.12. The van der Waals surface area contributed by atoms with Gasteiger partial charge in [0.25, 0.3) is 0 Å². The molecule has 0 saturated carbocycles. The molecule has 0 fully saturated rings. The minimum atomic E-state index is -0.501. The lowest BCUT2D eigenvalue weighted by Crippen LogP contribution is -2.30. The topological polar surface area (TPSA) is 79.5 Å². The van der Waals surface area contributed by atoms with E-state index in [-0.39, 0.29) is 5.82 Å². The molecule has 2 heterocycles. The first-order valence-corrected chi connectivity index (χ1v) is 7.13. The molecule has 0 saturated heterocycles. The highest BCUT2D eigenvalue weighted by molar-refractivity contribution is 5.72. The number of aromatic nitrogens is 1. The molecular weight excluding hydrogens is 273 g/mol. The van der Waals surface area contributed by atoms with Crippen LogP contribution in [0.4, 0.5) is 9.18 Å². The molecule has 1 aromatic rings. The lowest BCUT2D eigenvalue weighted by Gasteiger charge is -2.11. The molecule has 0 bridgehead atoms. The zero-order chi connectivity index (χ0) is 16.6. The van der Waals surface area contributed by atoms with Gasteiger partial charge in [-0.1, -0.05) is 20.8 Å². The molecule has 0 aromatic carbocycles. The van der Waals surface area contributed by atoms with E-state index in [0.29, 0.717) is 13.1 Å². The molecule has 0 aliphatic carbocycles. The summed E-state index contributed by atoms with van der Waals surface area (Å²) >= 11 is 0. The summed E-state index contributed by atoms with van der Waals surface area (Å²) < 4.78 is 12.7. The highest BCUT2D eigenvalue weighted by Gasteiger charge is 2.22. The number of amides is 2. The Kier molecular flexibility index (Phi) is 7.88. The number of carbonyl (C=O) groups excluding carboxylic acids is 1. The molecule has 6 heteroatoms. The van der Waals surface area contributed by atoms with Crippen LogP contribution in [0.2, 0.25) is 0 Å². The Bertz CT molecular complexity index is 459. The van der Waals surface area contributed by atoms with Gasteiger partial charge < -0.3 is 15.7 Å². The molecule has 120 valence electrons. The Morgan fingerprint density at radius 3 is 2.43 bits per heavy atom. The summed E-state index contributed by atoms with van der Waals surface area (Å²) in [6, 6.07) is 0.879. The van der Waals surface area contributed by atoms with Crippen molar-refractivity contribution in [2.75, 3.05) is 0 Å². The first-order chi connectivity index (χ1) is 9.73. The summed E-state index contributed by atoms with van der Waals surface area (Å²) in [5.41, 5.74) is 6.08. The Balaban J connectivity index is 0.000000427. The quantitative estimate of drug-likeness (QED) is 0.837. The zero-order valence-corrected chi connectivity index (χ0v) is 13.5. The Morgan fingerprint density at radius 2 is 2.00 bits per heavy atom. The van der Waals surface area contributed by atoms with Crippen LogP contribution >= 0.6 is 0 Å². The molecule has 0 radical (unpaired) electrons. The summed E-state index contributed by atoms with van der Waals surface area (Å²) in [4.78, 5) is 16.1. The van der Waals surface area contributed by atoms with Gasteiger partial charge in [-0.15, -0.1) is 0 Å². The van der Waals surface area contributed by atoms with Gasteiger partial charge in [-0.05, 0) is 31.9 Å². The summed E-state index contributed by atoms with van der Waals surface area (Å²) in [6.07, 6.45) is 1.97. The van der Waals surface area contributed by atoms with Gasteiger partial charge in [-0.2, -0.15) is 0 Å². The van der Waals surface area contributed by atoms with Crippen LogP contribution in [-0.4, -0.2) is 26.6 Å². The van der Waals surface area contributed by atoms with Gasteiger partial charge in [0.05, 0.1) is 24.0 Å². The van der Waals surface area contributed by atoms with Crippen molar-refractivity contribution in [1.29, 1.82) is 0 Å². The molecule has 2 amide bonds. The summed E-state index contributed by atoms with van der Waals surface area (Å²) in [7, 11) is 0. The van der Waals surface area contributed by atoms with E-state index in [1.165, 1.54) is 11.0 Å². The number of fused-ring (bicyclic) bond motifs is 1. The predicted molar refractivity (Wildman–Crippen MR) is 81.0 cm³/mol. The van der Waals surface area contributed by atoms with Crippen molar-refractivity contribution in [1.82, 2.24) is 9.88 Å². The van der Waals surface area contributed by atoms with E-state index in [4.69, 9.17) is 10.8 Å². The normalized spacial score (nSPS) is 12.6. The van der Waals surface area contributed by atoms with Crippen LogP contribution in [0, 0.1) is 5.82 Å². The predicted octanol–water partition coefficient (Wildman–Crippen LogP) is 2.81. The van der Waals surface area contributed by atoms with Crippen LogP contribution < -0.4 is 5.73 Å². The van der Waals surface area contributed by atoms with E-state index in [2.05, 4.69) is 4.98 Å². The summed E-state index contributed by atoms with van der Waals surface area (Å²) in [6.45, 7) is 10.3. The molecule has 0 spiro atoms. The van der Waals surface area contributed by atoms with E-state index in [9.17, 15) is 9.18 Å². The van der Waals surface area contributed by atoms with Gasteiger partial charge in [0, 0.05) is 6.54 Å². The third-order valence-corrected chi connectivity index (χ3v) is 2.91. The minimum absolute atomic E-state index is 0.357. The number of primary amides is 1. The lowest BCUT2D eigenvalue weighted by atomic mass is 10.1. The number of nitrogens with two attached hydrogens (primary N) is 1. The van der Waals surface area contributed by atoms with Crippen LogP contribution in [0.3, 0.4) is 0 Å². The number of nitrogens with zero attached hydrogens (tertiary/aromatic N) is 2. The Hall–Kier alpha value is -1.69. The summed E-state index contributed by atoms with van der Waals surface area (Å²) in [5.74, 6) is -0.384. The number of rotatable bonds is 1. The van der Waals surface area contributed by atoms with Crippen LogP contribution in [0.1, 0.15) is 52.3 Å². The van der Waals surface area contributed by atoms with Gasteiger partial charge in [0.15, 0.2) is 0 Å². The fourth-order valence-corrected chi connectivity index (χ4v) is 1.39. The van der Waals surface area contributed by atoms with Crippen LogP contribution in [0.5, 0.6) is 0 Å². The monoisotopic (exact) mass is 299 g/mol. The second-order valence-corrected chi connectivity index (χ2v) is 5.12. The van der Waals surface area contributed by atoms with Crippen LogP contribution in [0.25, 0.3) is 0 Å². The van der Waals surface area contributed by atoms with Gasteiger partial charge >= 0.3 is 6.03 Å². The minimum Gasteiger partial charge on any atom is -0.390 e. The number of pyridine rings is 1. The number of halogens is 1. The first kappa shape index (κ1) is 19.3. The van der Waals surface area contributed by atoms with Crippen molar-refractivity contribution in [3.05, 3.63) is 29.3 Å². The number of urea groups is 1. The zero-order valence-electron chi connectivity index (χ0n) is 13.5. The highest BCUT2D eigenvalue weighted by atomic mass is 19.1. The van der Waals surface area contributed by atoms with Crippen molar-refractivity contribution in [2.24, 2.45) is 5.73 Å². The number of hydrogen-bond donors (Lipinski definition) is 2. The largest absolute Gasteiger partial charge is 0.390 e. The fraction of sp³-hybridized carbons (Fsp3) is 0.600. The van der Waals surface area contributed by atoms with E-state index in [0.717, 1.165) is 23.9 Å². The molecular formula is C15H26FN3O2. The second kappa shape index (κ2) is 8.56. The number of aliphatic hydroxyl groups is 1. The van der Waals surface area contributed by atoms with E-state index >= 15 is 0 Å². The van der Waals surface area contributed by atoms with E-state index in [1.54, 1.807) is 13.8 Å². The molecule has 1 aliphatic heterocycles. The SMILES string of the molecule is CC.CCC(C)(C)O.NC(=O)N1Cc2cc(F)cnc2C1. The average molecular weight is 299 g/mol. The van der Waals surface area contributed by atoms with Gasteiger partial charge in [0.2, 0.25) is 0 Å². The highest BCUT2D eigenvalue weighted by Crippen LogP contribution is 2.20. The molecule has 0 unspecified atom stereocenters. The van der Waals surface area contributed by atoms with Gasteiger partial charge in [-0.25, -0.2) is 9.18 Å². The maximum absolute atomic E-state index is 12.7.